The van der Waals surface area contributed by atoms with Gasteiger partial charge in [0.05, 0.1) is 10.9 Å². The van der Waals surface area contributed by atoms with Crippen LogP contribution in [-0.4, -0.2) is 42.3 Å². The van der Waals surface area contributed by atoms with Crippen LogP contribution < -0.4 is 10.5 Å². The molecule has 0 radical (unpaired) electrons. The minimum Gasteiger partial charge on any atom is -0.492 e. The number of benzene rings is 2. The highest BCUT2D eigenvalue weighted by atomic mass is 16.5. The molecule has 114 valence electrons. The molecule has 5 nitrogen and oxygen atoms in total. The van der Waals surface area contributed by atoms with Crippen LogP contribution >= 0.6 is 0 Å². The van der Waals surface area contributed by atoms with Crippen LogP contribution in [0.2, 0.25) is 0 Å². The minimum atomic E-state index is 0.671. The summed E-state index contributed by atoms with van der Waals surface area (Å²) in [5.74, 6) is 0.860. The summed E-state index contributed by atoms with van der Waals surface area (Å²) >= 11 is 0. The predicted octanol–water partition coefficient (Wildman–Crippen LogP) is 2.75. The molecular weight excluding hydrogens is 276 g/mol. The van der Waals surface area contributed by atoms with Crippen molar-refractivity contribution in [2.75, 3.05) is 33.0 Å². The van der Waals surface area contributed by atoms with E-state index in [1.807, 2.05) is 56.6 Å². The Balaban J connectivity index is 1.83. The van der Waals surface area contributed by atoms with Gasteiger partial charge < -0.3 is 15.4 Å². The molecule has 1 aromatic heterocycles. The average Bonchev–Trinajstić information content (AvgIpc) is 2.93. The van der Waals surface area contributed by atoms with Crippen molar-refractivity contribution in [3.8, 4) is 17.0 Å². The number of nitrogens with zero attached hydrogens (tertiary/aromatic N) is 2. The normalized spacial score (nSPS) is 11.2. The lowest BCUT2D eigenvalue weighted by Crippen LogP contribution is -2.19. The number of likely N-dealkylation sites (N-methyl/N-ethyl adjacent to an activating group) is 1. The topological polar surface area (TPSA) is 67.2 Å². The number of hydrogen-bond donors (Lipinski definition) is 2. The third kappa shape index (κ3) is 2.89. The molecule has 0 unspecified atom stereocenters. The number of aromatic nitrogens is 2. The van der Waals surface area contributed by atoms with Crippen molar-refractivity contribution in [2.45, 2.75) is 0 Å². The number of rotatable bonds is 5. The number of ether oxygens (including phenoxy) is 1. The number of H-pyrrole nitrogens is 1. The van der Waals surface area contributed by atoms with E-state index in [0.717, 1.165) is 40.1 Å². The Bertz CT molecular complexity index is 762. The van der Waals surface area contributed by atoms with E-state index in [4.69, 9.17) is 10.5 Å². The number of hydrogen-bond acceptors (Lipinski definition) is 4. The van der Waals surface area contributed by atoms with Gasteiger partial charge in [0.1, 0.15) is 18.1 Å². The Labute approximate surface area is 129 Å². The standard InChI is InChI=1S/C17H20N4O/c1-21(2)10-11-22-13-8-6-12(7-9-13)17-16-14(18)4-3-5-15(16)19-20-17/h3-9H,10-11,18H2,1-2H3,(H,19,20). The molecule has 0 saturated heterocycles. The van der Waals surface area contributed by atoms with Gasteiger partial charge in [0, 0.05) is 17.8 Å². The van der Waals surface area contributed by atoms with E-state index >= 15 is 0 Å². The third-order valence-corrected chi connectivity index (χ3v) is 3.56. The first-order valence-corrected chi connectivity index (χ1v) is 7.25. The number of nitrogens with one attached hydrogen (secondary N) is 1. The number of aromatic amines is 1. The Morgan fingerprint density at radius 3 is 2.64 bits per heavy atom. The van der Waals surface area contributed by atoms with E-state index in [1.165, 1.54) is 0 Å². The Hall–Kier alpha value is -2.53. The maximum Gasteiger partial charge on any atom is 0.119 e. The first-order chi connectivity index (χ1) is 10.6. The van der Waals surface area contributed by atoms with Crippen LogP contribution in [0.25, 0.3) is 22.2 Å². The van der Waals surface area contributed by atoms with Crippen molar-refractivity contribution in [2.24, 2.45) is 0 Å². The molecule has 0 amide bonds. The van der Waals surface area contributed by atoms with Gasteiger partial charge in [-0.05, 0) is 50.5 Å². The van der Waals surface area contributed by atoms with E-state index in [9.17, 15) is 0 Å². The van der Waals surface area contributed by atoms with Crippen molar-refractivity contribution >= 4 is 16.6 Å². The molecule has 1 heterocycles. The van der Waals surface area contributed by atoms with Gasteiger partial charge in [-0.1, -0.05) is 6.07 Å². The third-order valence-electron chi connectivity index (χ3n) is 3.56. The molecule has 0 aliphatic rings. The van der Waals surface area contributed by atoms with Crippen LogP contribution in [0.15, 0.2) is 42.5 Å². The molecule has 2 aromatic carbocycles. The Morgan fingerprint density at radius 1 is 1.14 bits per heavy atom. The predicted molar refractivity (Wildman–Crippen MR) is 90.0 cm³/mol. The second-order valence-corrected chi connectivity index (χ2v) is 5.52. The Morgan fingerprint density at radius 2 is 1.91 bits per heavy atom. The second-order valence-electron chi connectivity index (χ2n) is 5.52. The molecule has 0 aliphatic heterocycles. The lowest BCUT2D eigenvalue weighted by atomic mass is 10.1. The lowest BCUT2D eigenvalue weighted by Gasteiger charge is -2.11. The quantitative estimate of drug-likeness (QED) is 0.710. The maximum absolute atomic E-state index is 6.07. The first kappa shape index (κ1) is 14.4. The van der Waals surface area contributed by atoms with Gasteiger partial charge in [-0.3, -0.25) is 5.10 Å². The van der Waals surface area contributed by atoms with E-state index < -0.39 is 0 Å². The molecular formula is C17H20N4O. The summed E-state index contributed by atoms with van der Waals surface area (Å²) in [6, 6.07) is 13.7. The van der Waals surface area contributed by atoms with E-state index in [-0.39, 0.29) is 0 Å². The van der Waals surface area contributed by atoms with Crippen molar-refractivity contribution < 1.29 is 4.74 Å². The Kier molecular flexibility index (Phi) is 3.98. The van der Waals surface area contributed by atoms with E-state index in [2.05, 4.69) is 15.1 Å². The smallest absolute Gasteiger partial charge is 0.119 e. The zero-order valence-corrected chi connectivity index (χ0v) is 12.8. The molecule has 0 atom stereocenters. The monoisotopic (exact) mass is 296 g/mol. The fourth-order valence-electron chi connectivity index (χ4n) is 2.36. The molecule has 3 rings (SSSR count). The van der Waals surface area contributed by atoms with Gasteiger partial charge in [-0.15, -0.1) is 0 Å². The van der Waals surface area contributed by atoms with Crippen molar-refractivity contribution in [1.29, 1.82) is 0 Å². The van der Waals surface area contributed by atoms with E-state index in [1.54, 1.807) is 0 Å². The molecule has 0 aliphatic carbocycles. The largest absolute Gasteiger partial charge is 0.492 e. The van der Waals surface area contributed by atoms with Gasteiger partial charge >= 0.3 is 0 Å². The molecule has 5 heteroatoms. The summed E-state index contributed by atoms with van der Waals surface area (Å²) in [6.07, 6.45) is 0. The zero-order valence-electron chi connectivity index (χ0n) is 12.8. The van der Waals surface area contributed by atoms with Crippen LogP contribution in [0, 0.1) is 0 Å². The van der Waals surface area contributed by atoms with E-state index in [0.29, 0.717) is 6.61 Å². The van der Waals surface area contributed by atoms with Gasteiger partial charge in [0.25, 0.3) is 0 Å². The SMILES string of the molecule is CN(C)CCOc1ccc(-c2n[nH]c3cccc(N)c23)cc1. The van der Waals surface area contributed by atoms with Crippen LogP contribution in [0.1, 0.15) is 0 Å². The first-order valence-electron chi connectivity index (χ1n) is 7.25. The van der Waals surface area contributed by atoms with Crippen LogP contribution in [0.4, 0.5) is 5.69 Å². The summed E-state index contributed by atoms with van der Waals surface area (Å²) in [5.41, 5.74) is 9.63. The lowest BCUT2D eigenvalue weighted by molar-refractivity contribution is 0.261. The van der Waals surface area contributed by atoms with Crippen molar-refractivity contribution in [1.82, 2.24) is 15.1 Å². The fourth-order valence-corrected chi connectivity index (χ4v) is 2.36. The zero-order chi connectivity index (χ0) is 15.5. The minimum absolute atomic E-state index is 0.671. The molecule has 3 N–H and O–H groups in total. The second kappa shape index (κ2) is 6.07. The van der Waals surface area contributed by atoms with Gasteiger partial charge in [0.15, 0.2) is 0 Å². The number of nitrogens with two attached hydrogens (primary N) is 1. The highest BCUT2D eigenvalue weighted by molar-refractivity contribution is 6.01. The molecule has 0 spiro atoms. The summed E-state index contributed by atoms with van der Waals surface area (Å²) in [6.45, 7) is 1.56. The van der Waals surface area contributed by atoms with Gasteiger partial charge in [0.2, 0.25) is 0 Å². The van der Waals surface area contributed by atoms with Gasteiger partial charge in [-0.2, -0.15) is 5.10 Å². The summed E-state index contributed by atoms with van der Waals surface area (Å²) in [5, 5.41) is 8.37. The number of anilines is 1. The maximum atomic E-state index is 6.07. The molecule has 3 aromatic rings. The van der Waals surface area contributed by atoms with Gasteiger partial charge in [-0.25, -0.2) is 0 Å². The molecule has 0 fully saturated rings. The van der Waals surface area contributed by atoms with Crippen molar-refractivity contribution in [3.05, 3.63) is 42.5 Å². The van der Waals surface area contributed by atoms with Crippen LogP contribution in [0.3, 0.4) is 0 Å². The van der Waals surface area contributed by atoms with Crippen LogP contribution in [-0.2, 0) is 0 Å². The number of fused-ring (bicyclic) bond motifs is 1. The van der Waals surface area contributed by atoms with Crippen molar-refractivity contribution in [3.63, 3.8) is 0 Å². The average molecular weight is 296 g/mol. The van der Waals surface area contributed by atoms with Crippen LogP contribution in [0.5, 0.6) is 5.75 Å². The summed E-state index contributed by atoms with van der Waals surface area (Å²) in [7, 11) is 4.05. The fraction of sp³-hybridized carbons (Fsp3) is 0.235. The highest BCUT2D eigenvalue weighted by Crippen LogP contribution is 2.31. The molecule has 0 bridgehead atoms. The molecule has 0 saturated carbocycles. The summed E-state index contributed by atoms with van der Waals surface area (Å²) < 4.78 is 5.71. The highest BCUT2D eigenvalue weighted by Gasteiger charge is 2.10. The number of nitrogen functional groups attached to an aromatic ring is 1. The molecule has 22 heavy (non-hydrogen) atoms. The summed E-state index contributed by atoms with van der Waals surface area (Å²) in [4.78, 5) is 2.09.